The summed E-state index contributed by atoms with van der Waals surface area (Å²) in [4.78, 5) is 11.0. The van der Waals surface area contributed by atoms with Gasteiger partial charge in [0.05, 0.1) is 12.9 Å². The van der Waals surface area contributed by atoms with E-state index in [2.05, 4.69) is 0 Å². The summed E-state index contributed by atoms with van der Waals surface area (Å²) in [6.45, 7) is 0.340. The van der Waals surface area contributed by atoms with Gasteiger partial charge in [-0.15, -0.1) is 0 Å². The molecule has 1 heterocycles. The van der Waals surface area contributed by atoms with Crippen LogP contribution < -0.4 is 19.9 Å². The molecule has 0 aromatic heterocycles. The summed E-state index contributed by atoms with van der Waals surface area (Å²) in [6, 6.07) is 12.6. The van der Waals surface area contributed by atoms with Crippen LogP contribution in [0, 0.1) is 0 Å². The summed E-state index contributed by atoms with van der Waals surface area (Å²) >= 11 is 7.72. The zero-order valence-corrected chi connectivity index (χ0v) is 15.2. The van der Waals surface area contributed by atoms with Gasteiger partial charge in [-0.2, -0.15) is 0 Å². The maximum atomic E-state index is 11.0. The topological polar surface area (TPSA) is 75.2 Å². The van der Waals surface area contributed by atoms with Crippen molar-refractivity contribution >= 4 is 29.3 Å². The Bertz CT molecular complexity index is 770. The van der Waals surface area contributed by atoms with Crippen LogP contribution in [-0.2, 0) is 11.4 Å². The van der Waals surface area contributed by atoms with Crippen LogP contribution in [0.4, 0.5) is 0 Å². The van der Waals surface area contributed by atoms with Gasteiger partial charge in [0.25, 0.3) is 0 Å². The van der Waals surface area contributed by atoms with Gasteiger partial charge in [-0.1, -0.05) is 41.6 Å². The molecule has 1 saturated heterocycles. The first-order valence-electron chi connectivity index (χ1n) is 7.80. The van der Waals surface area contributed by atoms with Crippen LogP contribution in [0.25, 0.3) is 0 Å². The molecule has 0 aliphatic carbocycles. The SMILES string of the molecule is COc1cc([C@@H]2[NH2+][C@@H](C(=O)[O-])CS2)ccc1OCc1ccccc1Cl. The smallest absolute Gasteiger partial charge is 0.161 e. The van der Waals surface area contributed by atoms with Crippen LogP contribution >= 0.6 is 23.4 Å². The Morgan fingerprint density at radius 2 is 2.12 bits per heavy atom. The standard InChI is InChI=1S/C18H18ClNO4S/c1-23-16-8-11(17-20-14(10-25-17)18(21)22)6-7-15(16)24-9-12-4-2-3-5-13(12)19/h2-8,14,17,20H,9-10H2,1H3,(H,21,22)/t14-,17-/m1/s1. The largest absolute Gasteiger partial charge is 0.544 e. The second-order valence-electron chi connectivity index (χ2n) is 5.66. The lowest BCUT2D eigenvalue weighted by atomic mass is 10.2. The first kappa shape index (κ1) is 17.9. The highest BCUT2D eigenvalue weighted by atomic mass is 35.5. The molecular formula is C18H18ClNO4S. The predicted octanol–water partition coefficient (Wildman–Crippen LogP) is 1.35. The van der Waals surface area contributed by atoms with E-state index in [4.69, 9.17) is 21.1 Å². The molecule has 0 radical (unpaired) electrons. The molecule has 3 rings (SSSR count). The molecule has 2 N–H and O–H groups in total. The summed E-state index contributed by atoms with van der Waals surface area (Å²) in [6.07, 6.45) is 0. The Balaban J connectivity index is 1.72. The number of hydrogen-bond acceptors (Lipinski definition) is 5. The van der Waals surface area contributed by atoms with Crippen molar-refractivity contribution in [1.29, 1.82) is 0 Å². The van der Waals surface area contributed by atoms with Crippen molar-refractivity contribution in [3.63, 3.8) is 0 Å². The van der Waals surface area contributed by atoms with E-state index in [1.165, 1.54) is 0 Å². The zero-order valence-electron chi connectivity index (χ0n) is 13.6. The molecule has 7 heteroatoms. The summed E-state index contributed by atoms with van der Waals surface area (Å²) < 4.78 is 11.3. The average Bonchev–Trinajstić information content (AvgIpc) is 3.11. The summed E-state index contributed by atoms with van der Waals surface area (Å²) in [5.74, 6) is 0.725. The lowest BCUT2D eigenvalue weighted by molar-refractivity contribution is -0.690. The highest BCUT2D eigenvalue weighted by Crippen LogP contribution is 2.34. The van der Waals surface area contributed by atoms with E-state index in [9.17, 15) is 9.90 Å². The molecule has 0 spiro atoms. The fourth-order valence-corrected chi connectivity index (χ4v) is 4.13. The second kappa shape index (κ2) is 7.99. The van der Waals surface area contributed by atoms with Crippen molar-refractivity contribution in [3.8, 4) is 11.5 Å². The number of benzene rings is 2. The number of carboxylic acids is 1. The van der Waals surface area contributed by atoms with Gasteiger partial charge in [0.2, 0.25) is 0 Å². The first-order valence-corrected chi connectivity index (χ1v) is 9.22. The van der Waals surface area contributed by atoms with Gasteiger partial charge in [0, 0.05) is 16.1 Å². The maximum Gasteiger partial charge on any atom is 0.161 e. The molecule has 1 fully saturated rings. The lowest BCUT2D eigenvalue weighted by Crippen LogP contribution is -2.90. The average molecular weight is 380 g/mol. The van der Waals surface area contributed by atoms with Crippen molar-refractivity contribution in [2.45, 2.75) is 18.0 Å². The Morgan fingerprint density at radius 1 is 1.32 bits per heavy atom. The number of rotatable bonds is 6. The number of nitrogens with two attached hydrogens (primary N) is 1. The van der Waals surface area contributed by atoms with Crippen molar-refractivity contribution in [3.05, 3.63) is 58.6 Å². The third kappa shape index (κ3) is 4.21. The van der Waals surface area contributed by atoms with E-state index in [0.29, 0.717) is 28.9 Å². The number of carbonyl (C=O) groups is 1. The van der Waals surface area contributed by atoms with Crippen molar-refractivity contribution in [1.82, 2.24) is 0 Å². The third-order valence-corrected chi connectivity index (χ3v) is 5.73. The molecule has 0 amide bonds. The highest BCUT2D eigenvalue weighted by Gasteiger charge is 2.31. The Morgan fingerprint density at radius 3 is 2.80 bits per heavy atom. The number of halogens is 1. The van der Waals surface area contributed by atoms with Crippen LogP contribution in [0.5, 0.6) is 11.5 Å². The quantitative estimate of drug-likeness (QED) is 0.820. The van der Waals surface area contributed by atoms with E-state index >= 15 is 0 Å². The fraction of sp³-hybridized carbons (Fsp3) is 0.278. The number of thioether (sulfide) groups is 1. The van der Waals surface area contributed by atoms with Crippen LogP contribution in [-0.4, -0.2) is 24.9 Å². The minimum absolute atomic E-state index is 0.00872. The molecule has 1 aliphatic heterocycles. The molecule has 2 atom stereocenters. The number of aliphatic carboxylic acids is 1. The van der Waals surface area contributed by atoms with Crippen LogP contribution in [0.1, 0.15) is 16.5 Å². The summed E-state index contributed by atoms with van der Waals surface area (Å²) in [5.41, 5.74) is 1.88. The van der Waals surface area contributed by atoms with Gasteiger partial charge in [-0.25, -0.2) is 0 Å². The molecule has 132 valence electrons. The molecule has 5 nitrogen and oxygen atoms in total. The summed E-state index contributed by atoms with van der Waals surface area (Å²) in [5, 5.41) is 13.5. The molecule has 0 unspecified atom stereocenters. The van der Waals surface area contributed by atoms with Crippen molar-refractivity contribution in [2.75, 3.05) is 12.9 Å². The highest BCUT2D eigenvalue weighted by molar-refractivity contribution is 7.99. The Kier molecular flexibility index (Phi) is 5.73. The molecular weight excluding hydrogens is 362 g/mol. The minimum Gasteiger partial charge on any atom is -0.544 e. The molecule has 0 bridgehead atoms. The molecule has 1 aliphatic rings. The van der Waals surface area contributed by atoms with Crippen LogP contribution in [0.3, 0.4) is 0 Å². The second-order valence-corrected chi connectivity index (χ2v) is 7.24. The third-order valence-electron chi connectivity index (χ3n) is 4.02. The lowest BCUT2D eigenvalue weighted by Gasteiger charge is -2.15. The van der Waals surface area contributed by atoms with E-state index in [-0.39, 0.29) is 5.37 Å². The molecule has 0 saturated carbocycles. The number of methoxy groups -OCH3 is 1. The zero-order chi connectivity index (χ0) is 17.8. The number of quaternary nitrogens is 1. The monoisotopic (exact) mass is 379 g/mol. The Hall–Kier alpha value is -1.89. The number of ether oxygens (including phenoxy) is 2. The van der Waals surface area contributed by atoms with E-state index in [0.717, 1.165) is 11.1 Å². The van der Waals surface area contributed by atoms with E-state index < -0.39 is 12.0 Å². The van der Waals surface area contributed by atoms with Crippen molar-refractivity contribution in [2.24, 2.45) is 0 Å². The van der Waals surface area contributed by atoms with Crippen LogP contribution in [0.15, 0.2) is 42.5 Å². The maximum absolute atomic E-state index is 11.0. The predicted molar refractivity (Wildman–Crippen MR) is 94.7 cm³/mol. The molecule has 2 aromatic rings. The van der Waals surface area contributed by atoms with Gasteiger partial charge in [-0.3, -0.25) is 0 Å². The molecule has 25 heavy (non-hydrogen) atoms. The van der Waals surface area contributed by atoms with Crippen molar-refractivity contribution < 1.29 is 24.7 Å². The number of carboxylic acid groups (broad SMARTS) is 1. The first-order chi connectivity index (χ1) is 12.1. The Labute approximate surface area is 155 Å². The van der Waals surface area contributed by atoms with E-state index in [1.54, 1.807) is 24.2 Å². The number of carbonyl (C=O) groups excluding carboxylic acids is 1. The minimum atomic E-state index is -1.03. The fourth-order valence-electron chi connectivity index (χ4n) is 2.63. The normalized spacial score (nSPS) is 19.6. The van der Waals surface area contributed by atoms with Gasteiger partial charge in [0.1, 0.15) is 18.6 Å². The van der Waals surface area contributed by atoms with Gasteiger partial charge >= 0.3 is 0 Å². The van der Waals surface area contributed by atoms with Gasteiger partial charge in [-0.05, 0) is 24.3 Å². The van der Waals surface area contributed by atoms with Gasteiger partial charge < -0.3 is 24.7 Å². The van der Waals surface area contributed by atoms with Crippen LogP contribution in [0.2, 0.25) is 5.02 Å². The summed E-state index contributed by atoms with van der Waals surface area (Å²) in [7, 11) is 1.58. The van der Waals surface area contributed by atoms with Gasteiger partial charge in [0.15, 0.2) is 16.9 Å². The molecule has 2 aromatic carbocycles. The number of hydrogen-bond donors (Lipinski definition) is 1. The van der Waals surface area contributed by atoms with E-state index in [1.807, 2.05) is 42.5 Å².